The standard InChI is InChI=1S/C19H30N4O/c1-14(2)22(3)11-16-7-5-4-6-15(16)10-21-18(24)23-12-17-8-9-19(17,20)13-23/h4-7,14,17H,8-13,20H2,1-3H3,(H,21,24)/t17-,19-/m0/s1. The van der Waals surface area contributed by atoms with Crippen LogP contribution in [0.4, 0.5) is 4.79 Å². The van der Waals surface area contributed by atoms with E-state index in [0.717, 1.165) is 25.9 Å². The number of nitrogens with one attached hydrogen (secondary N) is 1. The summed E-state index contributed by atoms with van der Waals surface area (Å²) in [5, 5.41) is 3.08. The summed E-state index contributed by atoms with van der Waals surface area (Å²) in [5.74, 6) is 0.496. The fourth-order valence-electron chi connectivity index (χ4n) is 3.66. The molecule has 2 aliphatic rings. The zero-order chi connectivity index (χ0) is 17.3. The average Bonchev–Trinajstić information content (AvgIpc) is 2.78. The summed E-state index contributed by atoms with van der Waals surface area (Å²) in [5.41, 5.74) is 8.66. The van der Waals surface area contributed by atoms with Crippen LogP contribution in [-0.4, -0.2) is 47.5 Å². The van der Waals surface area contributed by atoms with Gasteiger partial charge in [0.05, 0.1) is 0 Å². The summed E-state index contributed by atoms with van der Waals surface area (Å²) < 4.78 is 0. The molecule has 3 N–H and O–H groups in total. The fourth-order valence-corrected chi connectivity index (χ4v) is 3.66. The van der Waals surface area contributed by atoms with Gasteiger partial charge in [-0.1, -0.05) is 24.3 Å². The van der Waals surface area contributed by atoms with Crippen LogP contribution in [0.2, 0.25) is 0 Å². The van der Waals surface area contributed by atoms with Gasteiger partial charge in [0.1, 0.15) is 0 Å². The second-order valence-corrected chi connectivity index (χ2v) is 7.79. The maximum atomic E-state index is 12.5. The van der Waals surface area contributed by atoms with E-state index < -0.39 is 0 Å². The Bertz CT molecular complexity index is 603. The largest absolute Gasteiger partial charge is 0.334 e. The Kier molecular flexibility index (Phi) is 4.83. The molecule has 1 heterocycles. The van der Waals surface area contributed by atoms with Crippen molar-refractivity contribution in [1.82, 2.24) is 15.1 Å². The molecule has 5 nitrogen and oxygen atoms in total. The van der Waals surface area contributed by atoms with Crippen LogP contribution in [0.5, 0.6) is 0 Å². The molecule has 132 valence electrons. The number of amides is 2. The molecule has 2 fully saturated rings. The van der Waals surface area contributed by atoms with Crippen molar-refractivity contribution in [3.05, 3.63) is 35.4 Å². The second kappa shape index (κ2) is 6.73. The van der Waals surface area contributed by atoms with Crippen molar-refractivity contribution in [1.29, 1.82) is 0 Å². The molecule has 3 rings (SSSR count). The number of carbonyl (C=O) groups excluding carboxylic acids is 1. The lowest BCUT2D eigenvalue weighted by Gasteiger charge is -2.39. The highest BCUT2D eigenvalue weighted by atomic mass is 16.2. The Morgan fingerprint density at radius 3 is 2.67 bits per heavy atom. The van der Waals surface area contributed by atoms with Gasteiger partial charge in [0.15, 0.2) is 0 Å². The van der Waals surface area contributed by atoms with Gasteiger partial charge in [-0.15, -0.1) is 0 Å². The van der Waals surface area contributed by atoms with Crippen molar-refractivity contribution in [3.8, 4) is 0 Å². The first-order valence-electron chi connectivity index (χ1n) is 8.98. The molecule has 0 aromatic heterocycles. The Hall–Kier alpha value is -1.59. The van der Waals surface area contributed by atoms with E-state index in [1.807, 2.05) is 11.0 Å². The SMILES string of the molecule is CC(C)N(C)Cc1ccccc1CNC(=O)N1C[C@@H]2CC[C@]2(N)C1. The molecule has 1 aromatic carbocycles. The lowest BCUT2D eigenvalue weighted by molar-refractivity contribution is 0.187. The minimum absolute atomic E-state index is 0.0150. The van der Waals surface area contributed by atoms with Crippen LogP contribution in [0.3, 0.4) is 0 Å². The summed E-state index contributed by atoms with van der Waals surface area (Å²) in [7, 11) is 2.13. The van der Waals surface area contributed by atoms with Crippen LogP contribution in [0, 0.1) is 5.92 Å². The van der Waals surface area contributed by atoms with Gasteiger partial charge in [-0.3, -0.25) is 4.90 Å². The van der Waals surface area contributed by atoms with Crippen molar-refractivity contribution >= 4 is 6.03 Å². The highest BCUT2D eigenvalue weighted by Crippen LogP contribution is 2.42. The van der Waals surface area contributed by atoms with Gasteiger partial charge in [0.25, 0.3) is 0 Å². The van der Waals surface area contributed by atoms with Crippen LogP contribution in [-0.2, 0) is 13.1 Å². The van der Waals surface area contributed by atoms with Crippen LogP contribution >= 0.6 is 0 Å². The Labute approximate surface area is 145 Å². The van der Waals surface area contributed by atoms with Gasteiger partial charge in [-0.05, 0) is 50.8 Å². The summed E-state index contributed by atoms with van der Waals surface area (Å²) in [4.78, 5) is 16.7. The van der Waals surface area contributed by atoms with Crippen LogP contribution in [0.25, 0.3) is 0 Å². The van der Waals surface area contributed by atoms with Crippen LogP contribution < -0.4 is 11.1 Å². The van der Waals surface area contributed by atoms with Gasteiger partial charge in [0.2, 0.25) is 0 Å². The van der Waals surface area contributed by atoms with Gasteiger partial charge >= 0.3 is 6.03 Å². The molecule has 1 aliphatic carbocycles. The number of likely N-dealkylation sites (tertiary alicyclic amines) is 1. The van der Waals surface area contributed by atoms with Gasteiger partial charge in [-0.25, -0.2) is 4.79 Å². The van der Waals surface area contributed by atoms with E-state index in [1.54, 1.807) is 0 Å². The Morgan fingerprint density at radius 2 is 2.12 bits per heavy atom. The quantitative estimate of drug-likeness (QED) is 0.870. The third-order valence-corrected chi connectivity index (χ3v) is 5.83. The van der Waals surface area contributed by atoms with Crippen LogP contribution in [0.1, 0.15) is 37.8 Å². The molecule has 24 heavy (non-hydrogen) atoms. The lowest BCUT2D eigenvalue weighted by Crippen LogP contribution is -2.55. The number of nitrogens with two attached hydrogens (primary N) is 1. The monoisotopic (exact) mass is 330 g/mol. The predicted octanol–water partition coefficient (Wildman–Crippen LogP) is 2.16. The van der Waals surface area contributed by atoms with Crippen molar-refractivity contribution < 1.29 is 4.79 Å². The summed E-state index contributed by atoms with van der Waals surface area (Å²) >= 11 is 0. The Morgan fingerprint density at radius 1 is 1.42 bits per heavy atom. The van der Waals surface area contributed by atoms with E-state index in [0.29, 0.717) is 25.0 Å². The zero-order valence-electron chi connectivity index (χ0n) is 15.1. The van der Waals surface area contributed by atoms with E-state index in [4.69, 9.17) is 5.73 Å². The van der Waals surface area contributed by atoms with Crippen molar-refractivity contribution in [2.75, 3.05) is 20.1 Å². The highest BCUT2D eigenvalue weighted by Gasteiger charge is 2.51. The van der Waals surface area contributed by atoms with Crippen LogP contribution in [0.15, 0.2) is 24.3 Å². The number of fused-ring (bicyclic) bond motifs is 1. The smallest absolute Gasteiger partial charge is 0.317 e. The maximum absolute atomic E-state index is 12.5. The molecule has 5 heteroatoms. The van der Waals surface area contributed by atoms with Crippen molar-refractivity contribution in [2.24, 2.45) is 11.7 Å². The number of rotatable bonds is 5. The highest BCUT2D eigenvalue weighted by molar-refractivity contribution is 5.75. The number of nitrogens with zero attached hydrogens (tertiary/aromatic N) is 2. The molecule has 1 saturated heterocycles. The molecule has 1 saturated carbocycles. The minimum atomic E-state index is -0.116. The number of urea groups is 1. The van der Waals surface area contributed by atoms with E-state index in [1.165, 1.54) is 11.1 Å². The topological polar surface area (TPSA) is 61.6 Å². The van der Waals surface area contributed by atoms with E-state index in [-0.39, 0.29) is 11.6 Å². The normalized spacial score (nSPS) is 25.8. The summed E-state index contributed by atoms with van der Waals surface area (Å²) in [6.45, 7) is 7.34. The van der Waals surface area contributed by atoms with E-state index in [2.05, 4.69) is 49.3 Å². The molecule has 2 amide bonds. The van der Waals surface area contributed by atoms with E-state index >= 15 is 0 Å². The predicted molar refractivity (Wildman–Crippen MR) is 96.5 cm³/mol. The maximum Gasteiger partial charge on any atom is 0.317 e. The summed E-state index contributed by atoms with van der Waals surface area (Å²) in [6.07, 6.45) is 2.20. The molecular formula is C19H30N4O. The molecule has 0 bridgehead atoms. The second-order valence-electron chi connectivity index (χ2n) is 7.79. The molecular weight excluding hydrogens is 300 g/mol. The molecule has 1 aliphatic heterocycles. The Balaban J connectivity index is 1.57. The average molecular weight is 330 g/mol. The number of carbonyl (C=O) groups is 1. The molecule has 0 spiro atoms. The molecule has 0 radical (unpaired) electrons. The van der Waals surface area contributed by atoms with E-state index in [9.17, 15) is 4.79 Å². The number of benzene rings is 1. The first kappa shape index (κ1) is 17.2. The first-order valence-corrected chi connectivity index (χ1v) is 8.98. The van der Waals surface area contributed by atoms with Gasteiger partial charge < -0.3 is 16.0 Å². The fraction of sp³-hybridized carbons (Fsp3) is 0.632. The first-order chi connectivity index (χ1) is 11.4. The zero-order valence-corrected chi connectivity index (χ0v) is 15.1. The van der Waals surface area contributed by atoms with Crippen molar-refractivity contribution in [3.63, 3.8) is 0 Å². The van der Waals surface area contributed by atoms with Crippen molar-refractivity contribution in [2.45, 2.75) is 51.4 Å². The third-order valence-electron chi connectivity index (χ3n) is 5.83. The number of hydrogen-bond donors (Lipinski definition) is 2. The molecule has 0 unspecified atom stereocenters. The minimum Gasteiger partial charge on any atom is -0.334 e. The molecule has 2 atom stereocenters. The lowest BCUT2D eigenvalue weighted by atomic mass is 9.70. The molecule has 1 aromatic rings. The summed E-state index contributed by atoms with van der Waals surface area (Å²) in [6, 6.07) is 8.85. The third kappa shape index (κ3) is 3.42. The van der Waals surface area contributed by atoms with Gasteiger partial charge in [-0.2, -0.15) is 0 Å². The number of hydrogen-bond acceptors (Lipinski definition) is 3. The van der Waals surface area contributed by atoms with Gasteiger partial charge in [0, 0.05) is 37.8 Å².